The molecule has 5 nitrogen and oxygen atoms in total. The Morgan fingerprint density at radius 1 is 0.767 bits per heavy atom. The van der Waals surface area contributed by atoms with Gasteiger partial charge < -0.3 is 24.8 Å². The highest BCUT2D eigenvalue weighted by atomic mass is 16.6. The van der Waals surface area contributed by atoms with Crippen molar-refractivity contribution in [1.29, 1.82) is 0 Å². The van der Waals surface area contributed by atoms with Crippen LogP contribution in [0.1, 0.15) is 116 Å². The Morgan fingerprint density at radius 2 is 1.20 bits per heavy atom. The van der Waals surface area contributed by atoms with Crippen molar-refractivity contribution in [2.24, 2.45) is 0 Å². The van der Waals surface area contributed by atoms with E-state index in [0.29, 0.717) is 6.61 Å². The molecule has 0 aromatic rings. The summed E-state index contributed by atoms with van der Waals surface area (Å²) in [7, 11) is 0. The molecule has 1 saturated heterocycles. The van der Waals surface area contributed by atoms with Gasteiger partial charge in [0.25, 0.3) is 0 Å². The molecule has 0 amide bonds. The Balaban J connectivity index is 1.80. The Morgan fingerprint density at radius 3 is 1.63 bits per heavy atom. The molecule has 30 heavy (non-hydrogen) atoms. The summed E-state index contributed by atoms with van der Waals surface area (Å²) in [5.74, 6) is 0. The third-order valence-electron chi connectivity index (χ3n) is 6.29. The van der Waals surface area contributed by atoms with Gasteiger partial charge in [0.2, 0.25) is 0 Å². The average Bonchev–Trinajstić information content (AvgIpc) is 3.12. The number of hydrogen-bond acceptors (Lipinski definition) is 5. The largest absolute Gasteiger partial charge is 0.394 e. The Labute approximate surface area is 185 Å². The van der Waals surface area contributed by atoms with Crippen molar-refractivity contribution in [3.8, 4) is 0 Å². The summed E-state index contributed by atoms with van der Waals surface area (Å²) in [6.45, 7) is 2.62. The van der Waals surface area contributed by atoms with Crippen molar-refractivity contribution in [1.82, 2.24) is 0 Å². The molecule has 3 N–H and O–H groups in total. The quantitative estimate of drug-likeness (QED) is 0.220. The van der Waals surface area contributed by atoms with Crippen LogP contribution < -0.4 is 0 Å². The fourth-order valence-corrected chi connectivity index (χ4v) is 4.30. The van der Waals surface area contributed by atoms with E-state index in [0.717, 1.165) is 12.8 Å². The normalized spacial score (nSPS) is 22.6. The van der Waals surface area contributed by atoms with E-state index in [4.69, 9.17) is 14.6 Å². The van der Waals surface area contributed by atoms with Crippen LogP contribution >= 0.6 is 0 Å². The van der Waals surface area contributed by atoms with Gasteiger partial charge in [0.15, 0.2) is 0 Å². The van der Waals surface area contributed by atoms with E-state index in [1.54, 1.807) is 0 Å². The van der Waals surface area contributed by atoms with Gasteiger partial charge in [0.1, 0.15) is 24.4 Å². The molecule has 5 heteroatoms. The van der Waals surface area contributed by atoms with Crippen molar-refractivity contribution in [2.75, 3.05) is 19.8 Å². The summed E-state index contributed by atoms with van der Waals surface area (Å²) < 4.78 is 11.1. The zero-order valence-electron chi connectivity index (χ0n) is 19.6. The Kier molecular flexibility index (Phi) is 18.1. The average molecular weight is 431 g/mol. The third kappa shape index (κ3) is 13.3. The van der Waals surface area contributed by atoms with Crippen LogP contribution in [0.4, 0.5) is 0 Å². The molecule has 0 aliphatic carbocycles. The topological polar surface area (TPSA) is 79.2 Å². The zero-order valence-corrected chi connectivity index (χ0v) is 19.6. The van der Waals surface area contributed by atoms with Gasteiger partial charge in [0.05, 0.1) is 13.2 Å². The standard InChI is InChI=1S/C25H50O5/c1-2-3-4-5-6-7-8-9-10-11-12-13-14-15-16-17-18-19-29-25-23(28)21-30-24(25)22(27)20-26/h22-28H,2-21H2,1H3/t22-,23+,24-,25-/m0/s1. The van der Waals surface area contributed by atoms with Crippen molar-refractivity contribution in [3.05, 3.63) is 0 Å². The monoisotopic (exact) mass is 430 g/mol. The lowest BCUT2D eigenvalue weighted by atomic mass is 10.0. The molecule has 0 bridgehead atoms. The summed E-state index contributed by atoms with van der Waals surface area (Å²) >= 11 is 0. The van der Waals surface area contributed by atoms with Crippen LogP contribution in [-0.4, -0.2) is 59.6 Å². The Hall–Kier alpha value is -0.200. The second-order valence-corrected chi connectivity index (χ2v) is 9.11. The molecule has 180 valence electrons. The number of aliphatic hydroxyl groups excluding tert-OH is 3. The second-order valence-electron chi connectivity index (χ2n) is 9.11. The summed E-state index contributed by atoms with van der Waals surface area (Å²) in [5, 5.41) is 28.7. The van der Waals surface area contributed by atoms with Gasteiger partial charge in [-0.05, 0) is 6.42 Å². The van der Waals surface area contributed by atoms with Crippen molar-refractivity contribution >= 4 is 0 Å². The lowest BCUT2D eigenvalue weighted by molar-refractivity contribution is -0.0938. The minimum absolute atomic E-state index is 0.158. The molecule has 0 spiro atoms. The molecule has 0 aromatic heterocycles. The lowest BCUT2D eigenvalue weighted by Gasteiger charge is -2.23. The Bertz CT molecular complexity index is 365. The van der Waals surface area contributed by atoms with Gasteiger partial charge in [0, 0.05) is 6.61 Å². The first-order valence-electron chi connectivity index (χ1n) is 12.9. The zero-order chi connectivity index (χ0) is 21.9. The lowest BCUT2D eigenvalue weighted by Crippen LogP contribution is -2.42. The van der Waals surface area contributed by atoms with Gasteiger partial charge in [-0.15, -0.1) is 0 Å². The second kappa shape index (κ2) is 19.5. The highest BCUT2D eigenvalue weighted by molar-refractivity contribution is 4.89. The SMILES string of the molecule is CCCCCCCCCCCCCCCCCCCO[C@@H]1[C@H]([C@@H](O)CO)OC[C@H]1O. The van der Waals surface area contributed by atoms with Crippen LogP contribution in [0.2, 0.25) is 0 Å². The van der Waals surface area contributed by atoms with Crippen LogP contribution in [-0.2, 0) is 9.47 Å². The minimum Gasteiger partial charge on any atom is -0.394 e. The van der Waals surface area contributed by atoms with E-state index in [1.165, 1.54) is 96.3 Å². The number of rotatable bonds is 21. The predicted octanol–water partition coefficient (Wildman–Crippen LogP) is 5.14. The molecule has 1 aliphatic rings. The summed E-state index contributed by atoms with van der Waals surface area (Å²) in [6, 6.07) is 0. The molecule has 4 atom stereocenters. The third-order valence-corrected chi connectivity index (χ3v) is 6.29. The van der Waals surface area contributed by atoms with Crippen LogP contribution in [0.25, 0.3) is 0 Å². The molecular weight excluding hydrogens is 380 g/mol. The van der Waals surface area contributed by atoms with Gasteiger partial charge in [-0.3, -0.25) is 0 Å². The molecular formula is C25H50O5. The molecule has 1 heterocycles. The van der Waals surface area contributed by atoms with E-state index < -0.39 is 24.4 Å². The molecule has 1 fully saturated rings. The molecule has 1 rings (SSSR count). The maximum atomic E-state index is 9.90. The molecule has 0 unspecified atom stereocenters. The first-order valence-corrected chi connectivity index (χ1v) is 12.9. The van der Waals surface area contributed by atoms with E-state index in [9.17, 15) is 10.2 Å². The van der Waals surface area contributed by atoms with Crippen LogP contribution in [0, 0.1) is 0 Å². The van der Waals surface area contributed by atoms with Crippen LogP contribution in [0.15, 0.2) is 0 Å². The first kappa shape index (κ1) is 27.8. The van der Waals surface area contributed by atoms with Crippen LogP contribution in [0.3, 0.4) is 0 Å². The number of hydrogen-bond donors (Lipinski definition) is 3. The van der Waals surface area contributed by atoms with E-state index >= 15 is 0 Å². The molecule has 0 radical (unpaired) electrons. The van der Waals surface area contributed by atoms with Crippen molar-refractivity contribution < 1.29 is 24.8 Å². The number of unbranched alkanes of at least 4 members (excludes halogenated alkanes) is 16. The molecule has 0 aromatic carbocycles. The summed E-state index contributed by atoms with van der Waals surface area (Å²) in [5.41, 5.74) is 0. The maximum absolute atomic E-state index is 9.90. The van der Waals surface area contributed by atoms with E-state index in [-0.39, 0.29) is 13.2 Å². The fraction of sp³-hybridized carbons (Fsp3) is 1.00. The number of aliphatic hydroxyl groups is 3. The fourth-order valence-electron chi connectivity index (χ4n) is 4.30. The minimum atomic E-state index is -0.998. The predicted molar refractivity (Wildman–Crippen MR) is 123 cm³/mol. The maximum Gasteiger partial charge on any atom is 0.114 e. The number of ether oxygens (including phenoxy) is 2. The summed E-state index contributed by atoms with van der Waals surface area (Å²) in [6.07, 6.45) is 20.0. The van der Waals surface area contributed by atoms with Crippen LogP contribution in [0.5, 0.6) is 0 Å². The van der Waals surface area contributed by atoms with Crippen molar-refractivity contribution in [3.63, 3.8) is 0 Å². The van der Waals surface area contributed by atoms with E-state index in [1.807, 2.05) is 0 Å². The van der Waals surface area contributed by atoms with Gasteiger partial charge in [-0.25, -0.2) is 0 Å². The van der Waals surface area contributed by atoms with Crippen molar-refractivity contribution in [2.45, 2.75) is 140 Å². The highest BCUT2D eigenvalue weighted by Gasteiger charge is 2.40. The molecule has 1 aliphatic heterocycles. The van der Waals surface area contributed by atoms with Gasteiger partial charge in [-0.1, -0.05) is 110 Å². The van der Waals surface area contributed by atoms with E-state index in [2.05, 4.69) is 6.92 Å². The summed E-state index contributed by atoms with van der Waals surface area (Å²) in [4.78, 5) is 0. The van der Waals surface area contributed by atoms with Gasteiger partial charge in [-0.2, -0.15) is 0 Å². The molecule has 0 saturated carbocycles. The highest BCUT2D eigenvalue weighted by Crippen LogP contribution is 2.21. The smallest absolute Gasteiger partial charge is 0.114 e. The van der Waals surface area contributed by atoms with Gasteiger partial charge >= 0.3 is 0 Å². The first-order chi connectivity index (χ1) is 14.7.